The number of pyridine rings is 1. The predicted molar refractivity (Wildman–Crippen MR) is 145 cm³/mol. The van der Waals surface area contributed by atoms with E-state index in [1.165, 1.54) is 4.31 Å². The number of nitrogens with one attached hydrogen (secondary N) is 1. The van der Waals surface area contributed by atoms with E-state index in [0.29, 0.717) is 26.1 Å². The Morgan fingerprint density at radius 2 is 1.63 bits per heavy atom. The third kappa shape index (κ3) is 7.05. The third-order valence-corrected chi connectivity index (χ3v) is 8.70. The van der Waals surface area contributed by atoms with E-state index in [1.807, 2.05) is 48.5 Å². The van der Waals surface area contributed by atoms with Crippen LogP contribution in [0.1, 0.15) is 43.0 Å². The topological polar surface area (TPSA) is 99.7 Å². The SMILES string of the molecule is C[C@H](C(=O)NCc1ccccn1)N(Cc1ccccc1)C(=O)CCc1ccc(S(=O)(=O)N2CCCC2)cc1. The largest absolute Gasteiger partial charge is 0.349 e. The van der Waals surface area contributed by atoms with Gasteiger partial charge in [0.25, 0.3) is 0 Å². The van der Waals surface area contributed by atoms with E-state index in [4.69, 9.17) is 0 Å². The summed E-state index contributed by atoms with van der Waals surface area (Å²) in [6.45, 7) is 3.44. The first-order valence-corrected chi connectivity index (χ1v) is 14.4. The molecule has 1 saturated heterocycles. The van der Waals surface area contributed by atoms with Crippen molar-refractivity contribution in [3.8, 4) is 0 Å². The summed E-state index contributed by atoms with van der Waals surface area (Å²) < 4.78 is 27.1. The fourth-order valence-corrected chi connectivity index (χ4v) is 6.01. The van der Waals surface area contributed by atoms with E-state index in [1.54, 1.807) is 42.3 Å². The highest BCUT2D eigenvalue weighted by Crippen LogP contribution is 2.21. The first kappa shape index (κ1) is 27.5. The molecule has 2 amide bonds. The molecule has 2 heterocycles. The number of amides is 2. The molecule has 0 saturated carbocycles. The Hall–Kier alpha value is -3.56. The molecule has 9 heteroatoms. The zero-order valence-corrected chi connectivity index (χ0v) is 22.4. The Morgan fingerprint density at radius 3 is 2.29 bits per heavy atom. The van der Waals surface area contributed by atoms with Crippen LogP contribution in [0.15, 0.2) is 83.9 Å². The second-order valence-electron chi connectivity index (χ2n) is 9.48. The molecular formula is C29H34N4O4S. The van der Waals surface area contributed by atoms with Crippen LogP contribution in [-0.2, 0) is 39.1 Å². The zero-order valence-electron chi connectivity index (χ0n) is 21.6. The van der Waals surface area contributed by atoms with Crippen LogP contribution in [0.2, 0.25) is 0 Å². The Kier molecular flexibility index (Phi) is 9.25. The molecule has 0 bridgehead atoms. The van der Waals surface area contributed by atoms with Crippen molar-refractivity contribution in [3.05, 3.63) is 95.8 Å². The molecule has 38 heavy (non-hydrogen) atoms. The second kappa shape index (κ2) is 12.8. The lowest BCUT2D eigenvalue weighted by Crippen LogP contribution is -2.47. The van der Waals surface area contributed by atoms with Crippen LogP contribution in [0.3, 0.4) is 0 Å². The van der Waals surface area contributed by atoms with Gasteiger partial charge in [-0.1, -0.05) is 48.5 Å². The number of aryl methyl sites for hydroxylation is 1. The van der Waals surface area contributed by atoms with Gasteiger partial charge < -0.3 is 10.2 Å². The number of carbonyl (C=O) groups is 2. The highest BCUT2D eigenvalue weighted by Gasteiger charge is 2.28. The van der Waals surface area contributed by atoms with Crippen LogP contribution in [-0.4, -0.2) is 53.6 Å². The quantitative estimate of drug-likeness (QED) is 0.406. The summed E-state index contributed by atoms with van der Waals surface area (Å²) in [6, 6.07) is 21.2. The normalized spacial score (nSPS) is 14.7. The number of nitrogens with zero attached hydrogens (tertiary/aromatic N) is 3. The van der Waals surface area contributed by atoms with Gasteiger partial charge in [0.1, 0.15) is 6.04 Å². The Morgan fingerprint density at radius 1 is 0.947 bits per heavy atom. The summed E-state index contributed by atoms with van der Waals surface area (Å²) in [5.41, 5.74) is 2.54. The maximum absolute atomic E-state index is 13.4. The molecule has 1 aliphatic rings. The molecule has 0 unspecified atom stereocenters. The highest BCUT2D eigenvalue weighted by atomic mass is 32.2. The highest BCUT2D eigenvalue weighted by molar-refractivity contribution is 7.89. The molecule has 4 rings (SSSR count). The minimum Gasteiger partial charge on any atom is -0.349 e. The summed E-state index contributed by atoms with van der Waals surface area (Å²) in [4.78, 5) is 32.4. The molecular weight excluding hydrogens is 500 g/mol. The van der Waals surface area contributed by atoms with Crippen molar-refractivity contribution < 1.29 is 18.0 Å². The summed E-state index contributed by atoms with van der Waals surface area (Å²) in [5.74, 6) is -0.403. The zero-order chi connectivity index (χ0) is 27.0. The van der Waals surface area contributed by atoms with Crippen molar-refractivity contribution in [2.75, 3.05) is 13.1 Å². The molecule has 0 spiro atoms. The van der Waals surface area contributed by atoms with Gasteiger partial charge in [-0.25, -0.2) is 8.42 Å². The minimum atomic E-state index is -3.47. The number of sulfonamides is 1. The molecule has 0 aliphatic carbocycles. The van der Waals surface area contributed by atoms with E-state index in [-0.39, 0.29) is 29.7 Å². The van der Waals surface area contributed by atoms with Crippen LogP contribution in [0, 0.1) is 0 Å². The number of benzene rings is 2. The standard InChI is InChI=1S/C29H34N4O4S/c1-23(29(35)31-21-26-11-5-6-18-30-26)33(22-25-9-3-2-4-10-25)28(34)17-14-24-12-15-27(16-13-24)38(36,37)32-19-7-8-20-32/h2-6,9-13,15-16,18,23H,7-8,14,17,19-22H2,1H3,(H,31,35)/t23-/m1/s1. The van der Waals surface area contributed by atoms with Crippen molar-refractivity contribution >= 4 is 21.8 Å². The number of aromatic nitrogens is 1. The summed E-state index contributed by atoms with van der Waals surface area (Å²) >= 11 is 0. The average molecular weight is 535 g/mol. The average Bonchev–Trinajstić information content (AvgIpc) is 3.51. The van der Waals surface area contributed by atoms with Gasteiger partial charge in [0, 0.05) is 32.3 Å². The molecule has 2 aromatic carbocycles. The molecule has 1 aliphatic heterocycles. The van der Waals surface area contributed by atoms with Crippen LogP contribution in [0.4, 0.5) is 0 Å². The van der Waals surface area contributed by atoms with Crippen LogP contribution in [0.5, 0.6) is 0 Å². The second-order valence-corrected chi connectivity index (χ2v) is 11.4. The van der Waals surface area contributed by atoms with Gasteiger partial charge in [-0.3, -0.25) is 14.6 Å². The molecule has 1 atom stereocenters. The van der Waals surface area contributed by atoms with Crippen LogP contribution >= 0.6 is 0 Å². The van der Waals surface area contributed by atoms with Crippen molar-refractivity contribution in [1.29, 1.82) is 0 Å². The Balaban J connectivity index is 1.40. The molecule has 3 aromatic rings. The van der Waals surface area contributed by atoms with Crippen molar-refractivity contribution in [2.45, 2.75) is 56.6 Å². The summed E-state index contributed by atoms with van der Waals surface area (Å²) in [7, 11) is -3.47. The van der Waals surface area contributed by atoms with Gasteiger partial charge in [-0.2, -0.15) is 4.31 Å². The number of hydrogen-bond acceptors (Lipinski definition) is 5. The van der Waals surface area contributed by atoms with Gasteiger partial charge in [0.15, 0.2) is 0 Å². The summed E-state index contributed by atoms with van der Waals surface area (Å²) in [5, 5.41) is 2.88. The van der Waals surface area contributed by atoms with Crippen molar-refractivity contribution in [3.63, 3.8) is 0 Å². The Bertz CT molecular complexity index is 1310. The van der Waals surface area contributed by atoms with Gasteiger partial charge in [0.05, 0.1) is 17.1 Å². The van der Waals surface area contributed by atoms with Gasteiger partial charge in [0.2, 0.25) is 21.8 Å². The minimum absolute atomic E-state index is 0.150. The van der Waals surface area contributed by atoms with Crippen LogP contribution in [0.25, 0.3) is 0 Å². The van der Waals surface area contributed by atoms with E-state index in [2.05, 4.69) is 10.3 Å². The first-order chi connectivity index (χ1) is 18.3. The Labute approximate surface area is 224 Å². The molecule has 1 aromatic heterocycles. The third-order valence-electron chi connectivity index (χ3n) is 6.79. The fraction of sp³-hybridized carbons (Fsp3) is 0.345. The summed E-state index contributed by atoms with van der Waals surface area (Å²) in [6.07, 6.45) is 4.08. The van der Waals surface area contributed by atoms with Crippen LogP contribution < -0.4 is 5.32 Å². The van der Waals surface area contributed by atoms with Gasteiger partial charge in [-0.15, -0.1) is 0 Å². The molecule has 1 N–H and O–H groups in total. The maximum atomic E-state index is 13.4. The molecule has 8 nitrogen and oxygen atoms in total. The monoisotopic (exact) mass is 534 g/mol. The smallest absolute Gasteiger partial charge is 0.243 e. The van der Waals surface area contributed by atoms with Crippen molar-refractivity contribution in [2.24, 2.45) is 0 Å². The lowest BCUT2D eigenvalue weighted by atomic mass is 10.1. The van der Waals surface area contributed by atoms with Gasteiger partial charge >= 0.3 is 0 Å². The molecule has 1 fully saturated rings. The van der Waals surface area contributed by atoms with Gasteiger partial charge in [-0.05, 0) is 61.6 Å². The molecule has 200 valence electrons. The van der Waals surface area contributed by atoms with Crippen molar-refractivity contribution in [1.82, 2.24) is 19.5 Å². The first-order valence-electron chi connectivity index (χ1n) is 12.9. The lowest BCUT2D eigenvalue weighted by molar-refractivity contribution is -0.140. The van der Waals surface area contributed by atoms with E-state index in [0.717, 1.165) is 29.7 Å². The number of carbonyl (C=O) groups excluding carboxylic acids is 2. The predicted octanol–water partition coefficient (Wildman–Crippen LogP) is 3.53. The maximum Gasteiger partial charge on any atom is 0.243 e. The molecule has 0 radical (unpaired) electrons. The van der Waals surface area contributed by atoms with E-state index < -0.39 is 16.1 Å². The van der Waals surface area contributed by atoms with E-state index >= 15 is 0 Å². The van der Waals surface area contributed by atoms with E-state index in [9.17, 15) is 18.0 Å². The lowest BCUT2D eigenvalue weighted by Gasteiger charge is -2.29. The number of hydrogen-bond donors (Lipinski definition) is 1. The number of rotatable bonds is 11. The fourth-order valence-electron chi connectivity index (χ4n) is 4.49.